The van der Waals surface area contributed by atoms with Gasteiger partial charge in [-0.2, -0.15) is 0 Å². The van der Waals surface area contributed by atoms with Gasteiger partial charge in [-0.25, -0.2) is 8.78 Å². The molecule has 0 atom stereocenters. The molecular weight excluding hydrogens is 314 g/mol. The Morgan fingerprint density at radius 2 is 1.68 bits per heavy atom. The lowest BCUT2D eigenvalue weighted by molar-refractivity contribution is 0.103. The van der Waals surface area contributed by atoms with Crippen LogP contribution in [0.5, 0.6) is 0 Å². The van der Waals surface area contributed by atoms with Gasteiger partial charge in [0.15, 0.2) is 5.78 Å². The normalized spacial score (nSPS) is 10.6. The largest absolute Gasteiger partial charge is 0.288 e. The summed E-state index contributed by atoms with van der Waals surface area (Å²) in [4.78, 5) is 12.2. The molecule has 2 aromatic rings. The maximum atomic E-state index is 13.7. The SMILES string of the molecule is Cc1cc(F)c(C(=O)c2ccc(Br)c(C)c2)cc1F. The van der Waals surface area contributed by atoms with Crippen LogP contribution in [0.2, 0.25) is 0 Å². The maximum absolute atomic E-state index is 13.7. The fourth-order valence-electron chi connectivity index (χ4n) is 1.76. The van der Waals surface area contributed by atoms with E-state index in [1.807, 2.05) is 6.92 Å². The average Bonchev–Trinajstić information content (AvgIpc) is 2.36. The van der Waals surface area contributed by atoms with Crippen LogP contribution >= 0.6 is 15.9 Å². The van der Waals surface area contributed by atoms with Gasteiger partial charge in [-0.15, -0.1) is 0 Å². The van der Waals surface area contributed by atoms with Crippen LogP contribution in [0.25, 0.3) is 0 Å². The zero-order valence-electron chi connectivity index (χ0n) is 10.4. The van der Waals surface area contributed by atoms with E-state index < -0.39 is 17.4 Å². The predicted molar refractivity (Wildman–Crippen MR) is 73.4 cm³/mol. The first-order valence-electron chi connectivity index (χ1n) is 5.66. The molecule has 98 valence electrons. The van der Waals surface area contributed by atoms with E-state index in [2.05, 4.69) is 15.9 Å². The highest BCUT2D eigenvalue weighted by atomic mass is 79.9. The Hall–Kier alpha value is -1.55. The molecule has 0 amide bonds. The number of hydrogen-bond acceptors (Lipinski definition) is 1. The van der Waals surface area contributed by atoms with Crippen molar-refractivity contribution in [3.8, 4) is 0 Å². The van der Waals surface area contributed by atoms with Crippen LogP contribution in [0, 0.1) is 25.5 Å². The maximum Gasteiger partial charge on any atom is 0.196 e. The second-order valence-electron chi connectivity index (χ2n) is 4.37. The fourth-order valence-corrected chi connectivity index (χ4v) is 2.01. The quantitative estimate of drug-likeness (QED) is 0.739. The van der Waals surface area contributed by atoms with Gasteiger partial charge in [0, 0.05) is 10.0 Å². The molecule has 2 aromatic carbocycles. The average molecular weight is 325 g/mol. The Morgan fingerprint density at radius 3 is 2.32 bits per heavy atom. The van der Waals surface area contributed by atoms with Crippen molar-refractivity contribution in [2.75, 3.05) is 0 Å². The number of benzene rings is 2. The van der Waals surface area contributed by atoms with Crippen molar-refractivity contribution in [2.24, 2.45) is 0 Å². The van der Waals surface area contributed by atoms with Crippen molar-refractivity contribution in [2.45, 2.75) is 13.8 Å². The summed E-state index contributed by atoms with van der Waals surface area (Å²) in [6.45, 7) is 3.28. The number of aryl methyl sites for hydroxylation is 2. The van der Waals surface area contributed by atoms with E-state index in [1.54, 1.807) is 18.2 Å². The summed E-state index contributed by atoms with van der Waals surface area (Å²) in [7, 11) is 0. The van der Waals surface area contributed by atoms with E-state index in [9.17, 15) is 13.6 Å². The lowest BCUT2D eigenvalue weighted by atomic mass is 10.00. The van der Waals surface area contributed by atoms with E-state index in [1.165, 1.54) is 6.92 Å². The van der Waals surface area contributed by atoms with Gasteiger partial charge in [-0.05, 0) is 55.3 Å². The molecule has 0 aliphatic carbocycles. The Balaban J connectivity index is 2.49. The molecule has 0 radical (unpaired) electrons. The van der Waals surface area contributed by atoms with Crippen LogP contribution in [0.1, 0.15) is 27.0 Å². The minimum Gasteiger partial charge on any atom is -0.288 e. The van der Waals surface area contributed by atoms with E-state index >= 15 is 0 Å². The molecule has 0 bridgehead atoms. The summed E-state index contributed by atoms with van der Waals surface area (Å²) >= 11 is 3.32. The number of ketones is 1. The lowest BCUT2D eigenvalue weighted by Crippen LogP contribution is -2.06. The molecule has 0 aromatic heterocycles. The second kappa shape index (κ2) is 5.21. The number of rotatable bonds is 2. The third-order valence-electron chi connectivity index (χ3n) is 2.91. The standard InChI is InChI=1S/C15H11BrF2O/c1-8-5-10(3-4-12(8)16)15(19)11-7-13(17)9(2)6-14(11)18/h3-7H,1-2H3. The molecule has 4 heteroatoms. The number of hydrogen-bond donors (Lipinski definition) is 0. The highest BCUT2D eigenvalue weighted by molar-refractivity contribution is 9.10. The summed E-state index contributed by atoms with van der Waals surface area (Å²) < 4.78 is 28.1. The zero-order valence-corrected chi connectivity index (χ0v) is 12.0. The van der Waals surface area contributed by atoms with Crippen LogP contribution in [0.3, 0.4) is 0 Å². The predicted octanol–water partition coefficient (Wildman–Crippen LogP) is 4.58. The summed E-state index contributed by atoms with van der Waals surface area (Å²) in [5, 5.41) is 0. The van der Waals surface area contributed by atoms with Crippen molar-refractivity contribution < 1.29 is 13.6 Å². The van der Waals surface area contributed by atoms with Gasteiger partial charge in [-0.1, -0.05) is 15.9 Å². The minimum absolute atomic E-state index is 0.182. The van der Waals surface area contributed by atoms with Crippen molar-refractivity contribution in [1.29, 1.82) is 0 Å². The Bertz CT molecular complexity index is 665. The first-order chi connectivity index (χ1) is 8.90. The number of carbonyl (C=O) groups excluding carboxylic acids is 1. The van der Waals surface area contributed by atoms with Gasteiger partial charge in [-0.3, -0.25) is 4.79 Å². The van der Waals surface area contributed by atoms with Crippen molar-refractivity contribution >= 4 is 21.7 Å². The highest BCUT2D eigenvalue weighted by Gasteiger charge is 2.17. The first kappa shape index (κ1) is 13.9. The van der Waals surface area contributed by atoms with Crippen molar-refractivity contribution in [3.05, 3.63) is 68.7 Å². The van der Waals surface area contributed by atoms with Gasteiger partial charge in [0.2, 0.25) is 0 Å². The molecule has 0 spiro atoms. The molecule has 0 N–H and O–H groups in total. The third-order valence-corrected chi connectivity index (χ3v) is 3.80. The first-order valence-corrected chi connectivity index (χ1v) is 6.46. The molecule has 0 saturated heterocycles. The minimum atomic E-state index is -0.704. The number of carbonyl (C=O) groups is 1. The molecule has 2 rings (SSSR count). The van der Waals surface area contributed by atoms with E-state index in [0.717, 1.165) is 22.2 Å². The fraction of sp³-hybridized carbons (Fsp3) is 0.133. The van der Waals surface area contributed by atoms with E-state index in [0.29, 0.717) is 5.56 Å². The van der Waals surface area contributed by atoms with Crippen molar-refractivity contribution in [1.82, 2.24) is 0 Å². The summed E-state index contributed by atoms with van der Waals surface area (Å²) in [6, 6.07) is 6.92. The molecular formula is C15H11BrF2O. The number of halogens is 3. The van der Waals surface area contributed by atoms with Crippen LogP contribution in [0.15, 0.2) is 34.8 Å². The zero-order chi connectivity index (χ0) is 14.2. The summed E-state index contributed by atoms with van der Waals surface area (Å²) in [6.07, 6.45) is 0. The molecule has 0 saturated carbocycles. The summed E-state index contributed by atoms with van der Waals surface area (Å²) in [5.41, 5.74) is 1.13. The molecule has 0 aliphatic rings. The van der Waals surface area contributed by atoms with Gasteiger partial charge >= 0.3 is 0 Å². The van der Waals surface area contributed by atoms with E-state index in [4.69, 9.17) is 0 Å². The monoisotopic (exact) mass is 324 g/mol. The van der Waals surface area contributed by atoms with Gasteiger partial charge in [0.1, 0.15) is 11.6 Å². The molecule has 0 fully saturated rings. The van der Waals surface area contributed by atoms with Crippen molar-refractivity contribution in [3.63, 3.8) is 0 Å². The Kier molecular flexibility index (Phi) is 3.80. The molecule has 19 heavy (non-hydrogen) atoms. The summed E-state index contributed by atoms with van der Waals surface area (Å²) in [5.74, 6) is -1.81. The highest BCUT2D eigenvalue weighted by Crippen LogP contribution is 2.21. The molecule has 0 heterocycles. The van der Waals surface area contributed by atoms with E-state index in [-0.39, 0.29) is 11.1 Å². The van der Waals surface area contributed by atoms with Gasteiger partial charge in [0.05, 0.1) is 5.56 Å². The van der Waals surface area contributed by atoms with Gasteiger partial charge in [0.25, 0.3) is 0 Å². The van der Waals surface area contributed by atoms with Crippen LogP contribution in [0.4, 0.5) is 8.78 Å². The van der Waals surface area contributed by atoms with Gasteiger partial charge < -0.3 is 0 Å². The molecule has 1 nitrogen and oxygen atoms in total. The third kappa shape index (κ3) is 2.73. The topological polar surface area (TPSA) is 17.1 Å². The lowest BCUT2D eigenvalue weighted by Gasteiger charge is -2.06. The second-order valence-corrected chi connectivity index (χ2v) is 5.23. The molecule has 0 unspecified atom stereocenters. The molecule has 0 aliphatic heterocycles. The Morgan fingerprint density at radius 1 is 1.00 bits per heavy atom. The van der Waals surface area contributed by atoms with Crippen LogP contribution in [-0.4, -0.2) is 5.78 Å². The van der Waals surface area contributed by atoms with Crippen LogP contribution in [-0.2, 0) is 0 Å². The smallest absolute Gasteiger partial charge is 0.196 e. The van der Waals surface area contributed by atoms with Crippen LogP contribution < -0.4 is 0 Å². The Labute approximate surface area is 118 Å².